The lowest BCUT2D eigenvalue weighted by Crippen LogP contribution is -2.05. The van der Waals surface area contributed by atoms with Crippen molar-refractivity contribution in [1.82, 2.24) is 0 Å². The van der Waals surface area contributed by atoms with Crippen molar-refractivity contribution >= 4 is 5.97 Å². The molecule has 1 fully saturated rings. The van der Waals surface area contributed by atoms with Crippen LogP contribution in [0.1, 0.15) is 35.7 Å². The number of esters is 1. The van der Waals surface area contributed by atoms with Crippen LogP contribution >= 0.6 is 0 Å². The minimum atomic E-state index is -0.290. The van der Waals surface area contributed by atoms with Gasteiger partial charge in [-0.15, -0.1) is 0 Å². The van der Waals surface area contributed by atoms with Crippen molar-refractivity contribution < 1.29 is 9.53 Å². The number of hydrogen-bond acceptors (Lipinski definition) is 3. The Hall–Kier alpha value is -1.35. The zero-order valence-corrected chi connectivity index (χ0v) is 10.6. The smallest absolute Gasteiger partial charge is 0.337 e. The van der Waals surface area contributed by atoms with Gasteiger partial charge in [0, 0.05) is 0 Å². The number of ether oxygens (including phenoxy) is 1. The van der Waals surface area contributed by atoms with Gasteiger partial charge in [-0.2, -0.15) is 0 Å². The van der Waals surface area contributed by atoms with Crippen LogP contribution in [0.4, 0.5) is 0 Å². The first kappa shape index (κ1) is 12.1. The maximum Gasteiger partial charge on any atom is 0.337 e. The minimum Gasteiger partial charge on any atom is -0.465 e. The molecule has 0 spiro atoms. The maximum atomic E-state index is 11.3. The van der Waals surface area contributed by atoms with Gasteiger partial charge in [-0.05, 0) is 41.5 Å². The molecule has 92 valence electrons. The molecule has 1 saturated carbocycles. The SMILES string of the molecule is COC(=O)c1ccc([C@@H]2[C@@H](CN)C2(C)C)cc1. The summed E-state index contributed by atoms with van der Waals surface area (Å²) in [6.45, 7) is 5.20. The van der Waals surface area contributed by atoms with Crippen molar-refractivity contribution in [2.24, 2.45) is 17.1 Å². The number of hydrogen-bond donors (Lipinski definition) is 1. The number of carbonyl (C=O) groups is 1. The van der Waals surface area contributed by atoms with Crippen LogP contribution in [0.15, 0.2) is 24.3 Å². The number of rotatable bonds is 3. The molecule has 0 heterocycles. The van der Waals surface area contributed by atoms with Crippen molar-refractivity contribution in [3.05, 3.63) is 35.4 Å². The van der Waals surface area contributed by atoms with Gasteiger partial charge in [-0.3, -0.25) is 0 Å². The van der Waals surface area contributed by atoms with E-state index in [2.05, 4.69) is 18.6 Å². The van der Waals surface area contributed by atoms with Crippen LogP contribution in [-0.4, -0.2) is 19.6 Å². The average molecular weight is 233 g/mol. The third kappa shape index (κ3) is 1.95. The molecule has 0 bridgehead atoms. The molecule has 2 rings (SSSR count). The summed E-state index contributed by atoms with van der Waals surface area (Å²) >= 11 is 0. The van der Waals surface area contributed by atoms with E-state index in [-0.39, 0.29) is 11.4 Å². The second kappa shape index (κ2) is 4.15. The summed E-state index contributed by atoms with van der Waals surface area (Å²) in [7, 11) is 1.39. The normalized spacial score (nSPS) is 25.4. The van der Waals surface area contributed by atoms with Gasteiger partial charge in [0.1, 0.15) is 0 Å². The average Bonchev–Trinajstić information content (AvgIpc) is 2.90. The van der Waals surface area contributed by atoms with Crippen molar-refractivity contribution in [2.75, 3.05) is 13.7 Å². The molecule has 17 heavy (non-hydrogen) atoms. The molecule has 0 amide bonds. The van der Waals surface area contributed by atoms with Crippen molar-refractivity contribution in [2.45, 2.75) is 19.8 Å². The van der Waals surface area contributed by atoms with Crippen LogP contribution in [0.5, 0.6) is 0 Å². The van der Waals surface area contributed by atoms with Gasteiger partial charge in [0.25, 0.3) is 0 Å². The number of carbonyl (C=O) groups excluding carboxylic acids is 1. The molecule has 2 atom stereocenters. The zero-order chi connectivity index (χ0) is 12.6. The van der Waals surface area contributed by atoms with Crippen molar-refractivity contribution in [1.29, 1.82) is 0 Å². The Morgan fingerprint density at radius 3 is 2.35 bits per heavy atom. The second-order valence-corrected chi connectivity index (χ2v) is 5.25. The van der Waals surface area contributed by atoms with Gasteiger partial charge in [-0.25, -0.2) is 4.79 Å². The van der Waals surface area contributed by atoms with Gasteiger partial charge in [0.05, 0.1) is 12.7 Å². The Labute approximate surface area is 102 Å². The Kier molecular flexibility index (Phi) is 2.96. The lowest BCUT2D eigenvalue weighted by Gasteiger charge is -2.04. The zero-order valence-electron chi connectivity index (χ0n) is 10.6. The lowest BCUT2D eigenvalue weighted by atomic mass is 10.0. The van der Waals surface area contributed by atoms with E-state index in [0.717, 1.165) is 6.54 Å². The van der Waals surface area contributed by atoms with Crippen LogP contribution in [0, 0.1) is 11.3 Å². The largest absolute Gasteiger partial charge is 0.465 e. The predicted octanol–water partition coefficient (Wildman–Crippen LogP) is 2.17. The second-order valence-electron chi connectivity index (χ2n) is 5.25. The summed E-state index contributed by atoms with van der Waals surface area (Å²) in [6, 6.07) is 7.66. The Morgan fingerprint density at radius 1 is 1.35 bits per heavy atom. The molecule has 1 aliphatic rings. The van der Waals surface area contributed by atoms with E-state index in [4.69, 9.17) is 5.73 Å². The van der Waals surface area contributed by atoms with E-state index in [0.29, 0.717) is 17.4 Å². The lowest BCUT2D eigenvalue weighted by molar-refractivity contribution is 0.0600. The molecule has 0 unspecified atom stereocenters. The summed E-state index contributed by atoms with van der Waals surface area (Å²) in [6.07, 6.45) is 0. The first-order valence-electron chi connectivity index (χ1n) is 5.90. The van der Waals surface area contributed by atoms with E-state index >= 15 is 0 Å². The molecular weight excluding hydrogens is 214 g/mol. The molecule has 3 nitrogen and oxygen atoms in total. The number of methoxy groups -OCH3 is 1. The molecule has 1 aliphatic carbocycles. The first-order chi connectivity index (χ1) is 8.02. The van der Waals surface area contributed by atoms with Crippen LogP contribution in [0.3, 0.4) is 0 Å². The van der Waals surface area contributed by atoms with Gasteiger partial charge in [0.15, 0.2) is 0 Å². The standard InChI is InChI=1S/C14H19NO2/c1-14(2)11(8-15)12(14)9-4-6-10(7-5-9)13(16)17-3/h4-7,11-12H,8,15H2,1-3H3/t11-,12-/m1/s1. The Balaban J connectivity index is 2.18. The summed E-state index contributed by atoms with van der Waals surface area (Å²) in [5.41, 5.74) is 7.90. The number of nitrogens with two attached hydrogens (primary N) is 1. The maximum absolute atomic E-state index is 11.3. The molecule has 0 aromatic heterocycles. The van der Waals surface area contributed by atoms with Crippen molar-refractivity contribution in [3.8, 4) is 0 Å². The van der Waals surface area contributed by atoms with Crippen LogP contribution < -0.4 is 5.73 Å². The highest BCUT2D eigenvalue weighted by atomic mass is 16.5. The van der Waals surface area contributed by atoms with E-state index in [1.165, 1.54) is 12.7 Å². The third-order valence-electron chi connectivity index (χ3n) is 4.00. The Bertz CT molecular complexity index is 422. The molecular formula is C14H19NO2. The van der Waals surface area contributed by atoms with E-state index < -0.39 is 0 Å². The fraction of sp³-hybridized carbons (Fsp3) is 0.500. The van der Waals surface area contributed by atoms with Gasteiger partial charge in [-0.1, -0.05) is 26.0 Å². The predicted molar refractivity (Wildman–Crippen MR) is 66.8 cm³/mol. The highest BCUT2D eigenvalue weighted by Gasteiger charge is 2.57. The van der Waals surface area contributed by atoms with Crippen LogP contribution in [0.2, 0.25) is 0 Å². The molecule has 0 aliphatic heterocycles. The first-order valence-corrected chi connectivity index (χ1v) is 5.90. The van der Waals surface area contributed by atoms with E-state index in [9.17, 15) is 4.79 Å². The Morgan fingerprint density at radius 2 is 1.94 bits per heavy atom. The number of benzene rings is 1. The summed E-state index contributed by atoms with van der Waals surface area (Å²) in [4.78, 5) is 11.3. The van der Waals surface area contributed by atoms with Gasteiger partial charge >= 0.3 is 5.97 Å². The van der Waals surface area contributed by atoms with Gasteiger partial charge in [0.2, 0.25) is 0 Å². The van der Waals surface area contributed by atoms with Crippen LogP contribution in [-0.2, 0) is 4.74 Å². The van der Waals surface area contributed by atoms with Crippen LogP contribution in [0.25, 0.3) is 0 Å². The molecule has 2 N–H and O–H groups in total. The van der Waals surface area contributed by atoms with Crippen molar-refractivity contribution in [3.63, 3.8) is 0 Å². The fourth-order valence-electron chi connectivity index (χ4n) is 2.79. The monoisotopic (exact) mass is 233 g/mol. The highest BCUT2D eigenvalue weighted by Crippen LogP contribution is 2.63. The molecule has 1 aromatic carbocycles. The molecule has 3 heteroatoms. The third-order valence-corrected chi connectivity index (χ3v) is 4.00. The summed E-state index contributed by atoms with van der Waals surface area (Å²) < 4.78 is 4.68. The van der Waals surface area contributed by atoms with E-state index in [1.54, 1.807) is 0 Å². The van der Waals surface area contributed by atoms with E-state index in [1.807, 2.05) is 24.3 Å². The van der Waals surface area contributed by atoms with Gasteiger partial charge < -0.3 is 10.5 Å². The quantitative estimate of drug-likeness (QED) is 0.814. The molecule has 0 saturated heterocycles. The fourth-order valence-corrected chi connectivity index (χ4v) is 2.79. The topological polar surface area (TPSA) is 52.3 Å². The minimum absolute atomic E-state index is 0.279. The summed E-state index contributed by atoms with van der Waals surface area (Å²) in [5, 5.41) is 0. The molecule has 1 aromatic rings. The summed E-state index contributed by atoms with van der Waals surface area (Å²) in [5.74, 6) is 0.771. The highest BCUT2D eigenvalue weighted by molar-refractivity contribution is 5.89. The molecule has 0 radical (unpaired) electrons.